The fraction of sp³-hybridized carbons (Fsp3) is 0.556. The van der Waals surface area contributed by atoms with Crippen LogP contribution in [0.3, 0.4) is 0 Å². The first kappa shape index (κ1) is 24.5. The molecule has 0 amide bonds. The third kappa shape index (κ3) is 9.57. The van der Waals surface area contributed by atoms with E-state index in [-0.39, 0.29) is 0 Å². The minimum Gasteiger partial charge on any atom is -0.489 e. The number of ether oxygens (including phenoxy) is 2. The molecule has 0 atom stereocenters. The van der Waals surface area contributed by atoms with Gasteiger partial charge in [0.05, 0.1) is 18.2 Å². The maximum atomic E-state index is 9.10. The molecule has 2 rings (SSSR count). The Hall–Kier alpha value is -1.58. The second kappa shape index (κ2) is 12.8. The van der Waals surface area contributed by atoms with Crippen molar-refractivity contribution in [1.29, 1.82) is 0 Å². The van der Waals surface area contributed by atoms with Crippen molar-refractivity contribution in [2.45, 2.75) is 6.92 Å². The highest BCUT2D eigenvalue weighted by molar-refractivity contribution is 6.35. The van der Waals surface area contributed by atoms with E-state index in [1.165, 1.54) is 0 Å². The van der Waals surface area contributed by atoms with Crippen LogP contribution in [-0.2, 0) is 14.3 Å². The monoisotopic (exact) mass is 436 g/mol. The van der Waals surface area contributed by atoms with E-state index < -0.39 is 11.9 Å². The van der Waals surface area contributed by atoms with E-state index in [4.69, 9.17) is 52.5 Å². The van der Waals surface area contributed by atoms with Crippen LogP contribution in [-0.4, -0.2) is 91.5 Å². The zero-order chi connectivity index (χ0) is 21.1. The van der Waals surface area contributed by atoms with Gasteiger partial charge in [-0.3, -0.25) is 4.90 Å². The molecule has 0 aromatic heterocycles. The van der Waals surface area contributed by atoms with E-state index in [0.29, 0.717) is 29.0 Å². The normalized spacial score (nSPS) is 14.9. The smallest absolute Gasteiger partial charge is 0.414 e. The Balaban J connectivity index is 0.000000568. The molecule has 2 N–H and O–H groups in total. The molecule has 1 fully saturated rings. The van der Waals surface area contributed by atoms with Gasteiger partial charge in [-0.1, -0.05) is 23.2 Å². The minimum atomic E-state index is -1.82. The largest absolute Gasteiger partial charge is 0.489 e. The molecule has 158 valence electrons. The Kier molecular flexibility index (Phi) is 11.2. The summed E-state index contributed by atoms with van der Waals surface area (Å²) in [6, 6.07) is 3.54. The first-order valence-electron chi connectivity index (χ1n) is 8.74. The number of carboxylic acids is 2. The Morgan fingerprint density at radius 1 is 1.04 bits per heavy atom. The maximum Gasteiger partial charge on any atom is 0.414 e. The number of carboxylic acid groups (broad SMARTS) is 2. The van der Waals surface area contributed by atoms with Gasteiger partial charge in [-0.15, -0.1) is 0 Å². The van der Waals surface area contributed by atoms with E-state index in [1.807, 2.05) is 13.0 Å². The molecule has 8 nitrogen and oxygen atoms in total. The van der Waals surface area contributed by atoms with Crippen LogP contribution < -0.4 is 4.74 Å². The Labute approximate surface area is 174 Å². The standard InChI is InChI=1S/C16H24Cl2N2O2.C2H2O4/c1-13-11-14(17)12-15(18)16(13)22-10-9-21-8-7-20-5-3-19(2)4-6-20;3-1(4)2(5)6/h11-12H,3-10H2,1-2H3;(H,3,4)(H,5,6). The molecule has 0 aliphatic carbocycles. The maximum absolute atomic E-state index is 9.10. The number of hydrogen-bond acceptors (Lipinski definition) is 6. The molecule has 1 aromatic rings. The summed E-state index contributed by atoms with van der Waals surface area (Å²) in [6.07, 6.45) is 0. The lowest BCUT2D eigenvalue weighted by Gasteiger charge is -2.32. The predicted octanol–water partition coefficient (Wildman–Crippen LogP) is 2.10. The zero-order valence-corrected chi connectivity index (χ0v) is 17.5. The van der Waals surface area contributed by atoms with Gasteiger partial charge in [0.15, 0.2) is 0 Å². The lowest BCUT2D eigenvalue weighted by molar-refractivity contribution is -0.159. The van der Waals surface area contributed by atoms with Crippen molar-refractivity contribution in [3.05, 3.63) is 27.7 Å². The van der Waals surface area contributed by atoms with Crippen molar-refractivity contribution < 1.29 is 29.3 Å². The SMILES string of the molecule is Cc1cc(Cl)cc(Cl)c1OCCOCCN1CCN(C)CC1.O=C(O)C(=O)O. The van der Waals surface area contributed by atoms with Gasteiger partial charge in [0, 0.05) is 37.7 Å². The van der Waals surface area contributed by atoms with Crippen LogP contribution in [0.2, 0.25) is 10.0 Å². The van der Waals surface area contributed by atoms with E-state index in [2.05, 4.69) is 16.8 Å². The third-order valence-electron chi connectivity index (χ3n) is 4.00. The van der Waals surface area contributed by atoms with E-state index in [9.17, 15) is 0 Å². The molecule has 0 saturated carbocycles. The summed E-state index contributed by atoms with van der Waals surface area (Å²) in [4.78, 5) is 23.0. The van der Waals surface area contributed by atoms with Crippen LogP contribution >= 0.6 is 23.2 Å². The van der Waals surface area contributed by atoms with Crippen molar-refractivity contribution in [1.82, 2.24) is 9.80 Å². The summed E-state index contributed by atoms with van der Waals surface area (Å²) in [5.41, 5.74) is 0.940. The summed E-state index contributed by atoms with van der Waals surface area (Å²) in [7, 11) is 2.16. The number of hydrogen-bond donors (Lipinski definition) is 2. The summed E-state index contributed by atoms with van der Waals surface area (Å²) in [6.45, 7) is 9.22. The molecule has 1 saturated heterocycles. The highest BCUT2D eigenvalue weighted by Crippen LogP contribution is 2.31. The van der Waals surface area contributed by atoms with Gasteiger partial charge < -0.3 is 24.6 Å². The number of piperazine rings is 1. The van der Waals surface area contributed by atoms with Gasteiger partial charge in [-0.05, 0) is 31.7 Å². The van der Waals surface area contributed by atoms with Crippen molar-refractivity contribution in [2.75, 3.05) is 59.6 Å². The van der Waals surface area contributed by atoms with Gasteiger partial charge in [-0.2, -0.15) is 0 Å². The molecule has 0 spiro atoms. The molecule has 0 unspecified atom stereocenters. The average molecular weight is 437 g/mol. The van der Waals surface area contributed by atoms with Crippen molar-refractivity contribution >= 4 is 35.1 Å². The van der Waals surface area contributed by atoms with Crippen LogP contribution in [0.1, 0.15) is 5.56 Å². The summed E-state index contributed by atoms with van der Waals surface area (Å²) < 4.78 is 11.3. The van der Waals surface area contributed by atoms with Crippen LogP contribution in [0.25, 0.3) is 0 Å². The quantitative estimate of drug-likeness (QED) is 0.494. The number of likely N-dealkylation sites (N-methyl/N-ethyl adjacent to an activating group) is 1. The molecule has 0 bridgehead atoms. The Morgan fingerprint density at radius 3 is 2.18 bits per heavy atom. The van der Waals surface area contributed by atoms with Crippen molar-refractivity contribution in [2.24, 2.45) is 0 Å². The number of halogens is 2. The number of carbonyl (C=O) groups is 2. The van der Waals surface area contributed by atoms with Gasteiger partial charge in [-0.25, -0.2) is 9.59 Å². The summed E-state index contributed by atoms with van der Waals surface area (Å²) >= 11 is 12.1. The molecular weight excluding hydrogens is 411 g/mol. The van der Waals surface area contributed by atoms with Gasteiger partial charge >= 0.3 is 11.9 Å². The number of aliphatic carboxylic acids is 2. The molecule has 1 aliphatic rings. The minimum absolute atomic E-state index is 0.491. The summed E-state index contributed by atoms with van der Waals surface area (Å²) in [5.74, 6) is -2.96. The van der Waals surface area contributed by atoms with Gasteiger partial charge in [0.1, 0.15) is 12.4 Å². The van der Waals surface area contributed by atoms with E-state index in [1.54, 1.807) is 6.07 Å². The van der Waals surface area contributed by atoms with Crippen LogP contribution in [0.4, 0.5) is 0 Å². The fourth-order valence-electron chi connectivity index (χ4n) is 2.44. The molecule has 1 heterocycles. The van der Waals surface area contributed by atoms with Gasteiger partial charge in [0.25, 0.3) is 0 Å². The predicted molar refractivity (Wildman–Crippen MR) is 107 cm³/mol. The lowest BCUT2D eigenvalue weighted by atomic mass is 10.2. The van der Waals surface area contributed by atoms with Crippen molar-refractivity contribution in [3.8, 4) is 5.75 Å². The molecule has 28 heavy (non-hydrogen) atoms. The van der Waals surface area contributed by atoms with Crippen molar-refractivity contribution in [3.63, 3.8) is 0 Å². The number of rotatable bonds is 7. The third-order valence-corrected chi connectivity index (χ3v) is 4.50. The average Bonchev–Trinajstić information content (AvgIpc) is 2.61. The van der Waals surface area contributed by atoms with Crippen LogP contribution in [0.5, 0.6) is 5.75 Å². The molecule has 0 radical (unpaired) electrons. The lowest BCUT2D eigenvalue weighted by Crippen LogP contribution is -2.45. The number of aryl methyl sites for hydroxylation is 1. The number of benzene rings is 1. The highest BCUT2D eigenvalue weighted by Gasteiger charge is 2.13. The van der Waals surface area contributed by atoms with E-state index >= 15 is 0 Å². The fourth-order valence-corrected chi connectivity index (χ4v) is 3.09. The van der Waals surface area contributed by atoms with Crippen LogP contribution in [0.15, 0.2) is 12.1 Å². The summed E-state index contributed by atoms with van der Waals surface area (Å²) in [5, 5.41) is 15.9. The first-order valence-corrected chi connectivity index (χ1v) is 9.49. The topological polar surface area (TPSA) is 99.5 Å². The molecule has 1 aromatic carbocycles. The van der Waals surface area contributed by atoms with Gasteiger partial charge in [0.2, 0.25) is 0 Å². The second-order valence-corrected chi connectivity index (χ2v) is 7.09. The molecule has 10 heteroatoms. The Bertz CT molecular complexity index is 616. The highest BCUT2D eigenvalue weighted by atomic mass is 35.5. The molecule has 1 aliphatic heterocycles. The molecular formula is C18H26Cl2N2O6. The zero-order valence-electron chi connectivity index (χ0n) is 16.0. The van der Waals surface area contributed by atoms with Crippen LogP contribution in [0, 0.1) is 6.92 Å². The number of nitrogens with zero attached hydrogens (tertiary/aromatic N) is 2. The Morgan fingerprint density at radius 2 is 1.64 bits per heavy atom. The van der Waals surface area contributed by atoms with E-state index in [0.717, 1.165) is 44.9 Å². The second-order valence-electron chi connectivity index (χ2n) is 6.25. The first-order chi connectivity index (χ1) is 13.2.